The first-order valence-electron chi connectivity index (χ1n) is 7.04. The molecule has 0 aliphatic carbocycles. The number of imidazole rings is 1. The van der Waals surface area contributed by atoms with Crippen LogP contribution in [-0.4, -0.2) is 14.5 Å². The van der Waals surface area contributed by atoms with Gasteiger partial charge in [0.15, 0.2) is 5.65 Å². The number of hydrogen-bond donors (Lipinski definition) is 0. The minimum absolute atomic E-state index is 0.478. The minimum Gasteiger partial charge on any atom is -0.271 e. The van der Waals surface area contributed by atoms with Crippen molar-refractivity contribution in [2.24, 2.45) is 0 Å². The minimum atomic E-state index is 0.478. The van der Waals surface area contributed by atoms with Gasteiger partial charge in [0.05, 0.1) is 0 Å². The smallest absolute Gasteiger partial charge is 0.165 e. The van der Waals surface area contributed by atoms with Crippen LogP contribution >= 0.6 is 11.3 Å². The van der Waals surface area contributed by atoms with Gasteiger partial charge in [-0.15, -0.1) is 11.3 Å². The van der Waals surface area contributed by atoms with E-state index in [1.54, 1.807) is 11.3 Å². The zero-order valence-corrected chi connectivity index (χ0v) is 13.2. The second-order valence-corrected chi connectivity index (χ2v) is 6.63. The molecule has 20 heavy (non-hydrogen) atoms. The Morgan fingerprint density at radius 2 is 2.10 bits per heavy atom. The average Bonchev–Trinajstić information content (AvgIpc) is 3.00. The summed E-state index contributed by atoms with van der Waals surface area (Å²) < 4.78 is 2.19. The molecule has 3 heterocycles. The number of rotatable bonds is 3. The Hall–Kier alpha value is -1.68. The van der Waals surface area contributed by atoms with Crippen LogP contribution in [0.3, 0.4) is 0 Å². The van der Waals surface area contributed by atoms with Crippen molar-refractivity contribution in [3.8, 4) is 5.00 Å². The average molecular weight is 285 g/mol. The quantitative estimate of drug-likeness (QED) is 0.710. The van der Waals surface area contributed by atoms with Gasteiger partial charge in [-0.05, 0) is 36.6 Å². The molecule has 3 nitrogen and oxygen atoms in total. The molecule has 0 bridgehead atoms. The van der Waals surface area contributed by atoms with Gasteiger partial charge in [-0.1, -0.05) is 20.8 Å². The van der Waals surface area contributed by atoms with Gasteiger partial charge < -0.3 is 0 Å². The Kier molecular flexibility index (Phi) is 3.34. The van der Waals surface area contributed by atoms with Crippen LogP contribution in [0.25, 0.3) is 16.2 Å². The lowest BCUT2D eigenvalue weighted by atomic mass is 10.1. The standard InChI is InChI=1S/C16H19N3S/c1-5-14-18-13-8-12(10(2)3)9-17-16(13)19(14)15-7-6-11(4)20-15/h6-10H,5H2,1-4H3. The first kappa shape index (κ1) is 13.3. The molecule has 3 aromatic rings. The molecule has 0 radical (unpaired) electrons. The van der Waals surface area contributed by atoms with Crippen molar-refractivity contribution in [2.75, 3.05) is 0 Å². The van der Waals surface area contributed by atoms with Gasteiger partial charge in [0.2, 0.25) is 0 Å². The third-order valence-corrected chi connectivity index (χ3v) is 4.50. The monoisotopic (exact) mass is 285 g/mol. The van der Waals surface area contributed by atoms with Crippen molar-refractivity contribution in [3.63, 3.8) is 0 Å². The van der Waals surface area contributed by atoms with Gasteiger partial charge in [0.25, 0.3) is 0 Å². The van der Waals surface area contributed by atoms with E-state index in [1.165, 1.54) is 15.4 Å². The third kappa shape index (κ3) is 2.14. The van der Waals surface area contributed by atoms with Crippen LogP contribution in [0.1, 0.15) is 43.0 Å². The van der Waals surface area contributed by atoms with Crippen LogP contribution in [0.2, 0.25) is 0 Å². The van der Waals surface area contributed by atoms with E-state index in [9.17, 15) is 0 Å². The first-order chi connectivity index (χ1) is 9.60. The van der Waals surface area contributed by atoms with E-state index in [0.717, 1.165) is 23.4 Å². The number of fused-ring (bicyclic) bond motifs is 1. The van der Waals surface area contributed by atoms with E-state index in [4.69, 9.17) is 4.98 Å². The van der Waals surface area contributed by atoms with E-state index in [1.807, 2.05) is 6.20 Å². The Morgan fingerprint density at radius 1 is 1.30 bits per heavy atom. The molecule has 0 saturated heterocycles. The molecule has 0 amide bonds. The number of aromatic nitrogens is 3. The molecule has 3 rings (SSSR count). The molecule has 0 aliphatic heterocycles. The van der Waals surface area contributed by atoms with Crippen LogP contribution in [0.4, 0.5) is 0 Å². The van der Waals surface area contributed by atoms with Gasteiger partial charge in [0.1, 0.15) is 16.3 Å². The summed E-state index contributed by atoms with van der Waals surface area (Å²) in [7, 11) is 0. The molecule has 0 fully saturated rings. The summed E-state index contributed by atoms with van der Waals surface area (Å²) in [6, 6.07) is 6.47. The number of hydrogen-bond acceptors (Lipinski definition) is 3. The molecule has 0 atom stereocenters. The van der Waals surface area contributed by atoms with E-state index in [-0.39, 0.29) is 0 Å². The molecular weight excluding hydrogens is 266 g/mol. The maximum absolute atomic E-state index is 4.77. The molecule has 104 valence electrons. The Balaban J connectivity index is 2.25. The topological polar surface area (TPSA) is 30.7 Å². The molecule has 0 N–H and O–H groups in total. The van der Waals surface area contributed by atoms with Crippen molar-refractivity contribution in [3.05, 3.63) is 40.7 Å². The van der Waals surface area contributed by atoms with E-state index >= 15 is 0 Å². The summed E-state index contributed by atoms with van der Waals surface area (Å²) >= 11 is 1.78. The zero-order valence-electron chi connectivity index (χ0n) is 12.3. The van der Waals surface area contributed by atoms with Gasteiger partial charge in [-0.25, -0.2) is 9.97 Å². The number of pyridine rings is 1. The lowest BCUT2D eigenvalue weighted by Crippen LogP contribution is -1.98. The summed E-state index contributed by atoms with van der Waals surface area (Å²) in [4.78, 5) is 10.7. The number of aryl methyl sites for hydroxylation is 2. The highest BCUT2D eigenvalue weighted by Gasteiger charge is 2.14. The zero-order chi connectivity index (χ0) is 14.3. The normalized spacial score (nSPS) is 11.7. The van der Waals surface area contributed by atoms with Crippen molar-refractivity contribution in [1.82, 2.24) is 14.5 Å². The molecule has 0 aromatic carbocycles. The molecule has 0 saturated carbocycles. The van der Waals surface area contributed by atoms with Gasteiger partial charge in [-0.3, -0.25) is 4.57 Å². The number of thiophene rings is 1. The summed E-state index contributed by atoms with van der Waals surface area (Å²) in [5.74, 6) is 1.56. The fourth-order valence-corrected chi connectivity index (χ4v) is 3.24. The van der Waals surface area contributed by atoms with Crippen LogP contribution < -0.4 is 0 Å². The molecule has 3 aromatic heterocycles. The first-order valence-corrected chi connectivity index (χ1v) is 7.86. The summed E-state index contributed by atoms with van der Waals surface area (Å²) in [5.41, 5.74) is 3.21. The molecule has 0 aliphatic rings. The maximum atomic E-state index is 4.77. The van der Waals surface area contributed by atoms with Crippen LogP contribution in [0, 0.1) is 6.92 Å². The highest BCUT2D eigenvalue weighted by Crippen LogP contribution is 2.27. The predicted octanol–water partition coefficient (Wildman–Crippen LogP) is 4.48. The van der Waals surface area contributed by atoms with Crippen molar-refractivity contribution < 1.29 is 0 Å². The molecule has 4 heteroatoms. The fraction of sp³-hybridized carbons (Fsp3) is 0.375. The predicted molar refractivity (Wildman–Crippen MR) is 84.9 cm³/mol. The van der Waals surface area contributed by atoms with E-state index in [0.29, 0.717) is 5.92 Å². The van der Waals surface area contributed by atoms with Gasteiger partial charge in [0, 0.05) is 17.5 Å². The highest BCUT2D eigenvalue weighted by atomic mass is 32.1. The largest absolute Gasteiger partial charge is 0.271 e. The summed E-state index contributed by atoms with van der Waals surface area (Å²) in [6.07, 6.45) is 2.88. The molecule has 0 unspecified atom stereocenters. The van der Waals surface area contributed by atoms with Crippen LogP contribution in [0.5, 0.6) is 0 Å². The van der Waals surface area contributed by atoms with Gasteiger partial charge >= 0.3 is 0 Å². The summed E-state index contributed by atoms with van der Waals surface area (Å²) in [5, 5.41) is 1.20. The maximum Gasteiger partial charge on any atom is 0.165 e. The lowest BCUT2D eigenvalue weighted by Gasteiger charge is -2.06. The Bertz CT molecular complexity index is 752. The van der Waals surface area contributed by atoms with E-state index in [2.05, 4.69) is 55.4 Å². The summed E-state index contributed by atoms with van der Waals surface area (Å²) in [6.45, 7) is 8.64. The van der Waals surface area contributed by atoms with Crippen LogP contribution in [-0.2, 0) is 6.42 Å². The third-order valence-electron chi connectivity index (χ3n) is 3.52. The number of nitrogens with zero attached hydrogens (tertiary/aromatic N) is 3. The van der Waals surface area contributed by atoms with Crippen molar-refractivity contribution in [1.29, 1.82) is 0 Å². The lowest BCUT2D eigenvalue weighted by molar-refractivity contribution is 0.860. The van der Waals surface area contributed by atoms with Crippen LogP contribution in [0.15, 0.2) is 24.4 Å². The second kappa shape index (κ2) is 5.02. The van der Waals surface area contributed by atoms with Crippen molar-refractivity contribution >= 4 is 22.5 Å². The van der Waals surface area contributed by atoms with E-state index < -0.39 is 0 Å². The molecular formula is C16H19N3S. The SMILES string of the molecule is CCc1nc2cc(C(C)C)cnc2n1-c1ccc(C)s1. The molecule has 0 spiro atoms. The fourth-order valence-electron chi connectivity index (χ4n) is 2.35. The van der Waals surface area contributed by atoms with Gasteiger partial charge in [-0.2, -0.15) is 0 Å². The Labute approximate surface area is 123 Å². The second-order valence-electron chi connectivity index (χ2n) is 5.37. The highest BCUT2D eigenvalue weighted by molar-refractivity contribution is 7.14. The Morgan fingerprint density at radius 3 is 2.70 bits per heavy atom. The van der Waals surface area contributed by atoms with Crippen molar-refractivity contribution in [2.45, 2.75) is 40.0 Å².